The van der Waals surface area contributed by atoms with E-state index in [9.17, 15) is 0 Å². The average molecular weight is 267 g/mol. The Morgan fingerprint density at radius 1 is 0.941 bits per heavy atom. The summed E-state index contributed by atoms with van der Waals surface area (Å²) in [6.45, 7) is 1.99. The van der Waals surface area contributed by atoms with Crippen LogP contribution in [0, 0.1) is 6.92 Å². The second-order valence-electron chi connectivity index (χ2n) is 3.85. The normalized spacial score (nSPS) is 10.3. The first-order valence-corrected chi connectivity index (χ1v) is 5.90. The third-order valence-electron chi connectivity index (χ3n) is 2.39. The molecular weight excluding hydrogens is 255 g/mol. The van der Waals surface area contributed by atoms with Crippen molar-refractivity contribution < 1.29 is 0 Å². The van der Waals surface area contributed by atoms with Crippen LogP contribution in [0.5, 0.6) is 0 Å². The van der Waals surface area contributed by atoms with Gasteiger partial charge in [-0.2, -0.15) is 0 Å². The first-order chi connectivity index (χ1) is 8.06. The number of nitrogens with one attached hydrogen (secondary N) is 1. The number of hydrogen-bond acceptors (Lipinski definition) is 2. The summed E-state index contributed by atoms with van der Waals surface area (Å²) in [4.78, 5) is 0. The number of nitrogen functional groups attached to an aromatic ring is 1. The molecule has 0 radical (unpaired) electrons. The zero-order chi connectivity index (χ0) is 12.4. The average Bonchev–Trinajstić information content (AvgIpc) is 2.25. The van der Waals surface area contributed by atoms with Crippen LogP contribution in [0.3, 0.4) is 0 Å². The molecular formula is C13H12Cl2N2. The Hall–Kier alpha value is -1.38. The van der Waals surface area contributed by atoms with Gasteiger partial charge in [0.2, 0.25) is 0 Å². The van der Waals surface area contributed by atoms with Gasteiger partial charge in [0.25, 0.3) is 0 Å². The maximum absolute atomic E-state index is 6.13. The number of aryl methyl sites for hydroxylation is 1. The molecule has 0 heterocycles. The van der Waals surface area contributed by atoms with E-state index in [1.807, 2.05) is 31.2 Å². The quantitative estimate of drug-likeness (QED) is 0.778. The summed E-state index contributed by atoms with van der Waals surface area (Å²) < 4.78 is 0. The fourth-order valence-corrected chi connectivity index (χ4v) is 2.02. The standard InChI is InChI=1S/C13H12Cl2N2/c1-8-2-4-12(10(14)6-8)17-13-5-3-9(16)7-11(13)15/h2-7,17H,16H2,1H3. The lowest BCUT2D eigenvalue weighted by Gasteiger charge is -2.11. The van der Waals surface area contributed by atoms with Gasteiger partial charge in [-0.1, -0.05) is 29.3 Å². The SMILES string of the molecule is Cc1ccc(Nc2ccc(N)cc2Cl)c(Cl)c1. The molecule has 88 valence electrons. The van der Waals surface area contributed by atoms with Crippen LogP contribution in [-0.2, 0) is 0 Å². The molecule has 4 heteroatoms. The molecule has 0 amide bonds. The molecule has 0 atom stereocenters. The van der Waals surface area contributed by atoms with Crippen LogP contribution in [0.2, 0.25) is 10.0 Å². The van der Waals surface area contributed by atoms with Gasteiger partial charge in [-0.15, -0.1) is 0 Å². The fraction of sp³-hybridized carbons (Fsp3) is 0.0769. The molecule has 0 aromatic heterocycles. The lowest BCUT2D eigenvalue weighted by atomic mass is 10.2. The van der Waals surface area contributed by atoms with Crippen LogP contribution in [0.1, 0.15) is 5.56 Å². The molecule has 2 aromatic carbocycles. The summed E-state index contributed by atoms with van der Waals surface area (Å²) in [5, 5.41) is 4.41. The van der Waals surface area contributed by atoms with Crippen molar-refractivity contribution >= 4 is 40.3 Å². The van der Waals surface area contributed by atoms with E-state index >= 15 is 0 Å². The molecule has 0 aliphatic carbocycles. The van der Waals surface area contributed by atoms with E-state index in [1.165, 1.54) is 0 Å². The second kappa shape index (κ2) is 4.86. The molecule has 2 aromatic rings. The molecule has 17 heavy (non-hydrogen) atoms. The molecule has 0 saturated heterocycles. The lowest BCUT2D eigenvalue weighted by molar-refractivity contribution is 1.45. The van der Waals surface area contributed by atoms with E-state index in [2.05, 4.69) is 5.32 Å². The number of anilines is 3. The van der Waals surface area contributed by atoms with Gasteiger partial charge in [-0.05, 0) is 42.8 Å². The molecule has 2 nitrogen and oxygen atoms in total. The maximum atomic E-state index is 6.13. The molecule has 3 N–H and O–H groups in total. The van der Waals surface area contributed by atoms with E-state index < -0.39 is 0 Å². The number of benzene rings is 2. The molecule has 2 rings (SSSR count). The minimum Gasteiger partial charge on any atom is -0.399 e. The Balaban J connectivity index is 2.31. The number of nitrogens with two attached hydrogens (primary N) is 1. The highest BCUT2D eigenvalue weighted by Gasteiger charge is 2.04. The highest BCUT2D eigenvalue weighted by Crippen LogP contribution is 2.31. The van der Waals surface area contributed by atoms with E-state index in [4.69, 9.17) is 28.9 Å². The molecule has 0 bridgehead atoms. The summed E-state index contributed by atoms with van der Waals surface area (Å²) in [6, 6.07) is 11.1. The monoisotopic (exact) mass is 266 g/mol. The van der Waals surface area contributed by atoms with Crippen LogP contribution in [0.15, 0.2) is 36.4 Å². The number of hydrogen-bond donors (Lipinski definition) is 2. The zero-order valence-corrected chi connectivity index (χ0v) is 10.8. The second-order valence-corrected chi connectivity index (χ2v) is 4.66. The van der Waals surface area contributed by atoms with Gasteiger partial charge in [0.05, 0.1) is 21.4 Å². The summed E-state index contributed by atoms with van der Waals surface area (Å²) >= 11 is 12.2. The minimum atomic E-state index is 0.571. The van der Waals surface area contributed by atoms with Crippen molar-refractivity contribution in [3.05, 3.63) is 52.0 Å². The number of rotatable bonds is 2. The van der Waals surface area contributed by atoms with Crippen molar-refractivity contribution in [1.82, 2.24) is 0 Å². The van der Waals surface area contributed by atoms with Crippen LogP contribution in [0.4, 0.5) is 17.1 Å². The Morgan fingerprint density at radius 3 is 2.12 bits per heavy atom. The summed E-state index contributed by atoms with van der Waals surface area (Å²) in [7, 11) is 0. The zero-order valence-electron chi connectivity index (χ0n) is 9.30. The molecule has 0 fully saturated rings. The topological polar surface area (TPSA) is 38.0 Å². The Labute approximate surface area is 110 Å². The van der Waals surface area contributed by atoms with Crippen molar-refractivity contribution in [2.45, 2.75) is 6.92 Å². The van der Waals surface area contributed by atoms with Crippen LogP contribution >= 0.6 is 23.2 Å². The smallest absolute Gasteiger partial charge is 0.0661 e. The molecule has 0 spiro atoms. The summed E-state index contributed by atoms with van der Waals surface area (Å²) in [5.41, 5.74) is 8.99. The first kappa shape index (κ1) is 12.1. The maximum Gasteiger partial charge on any atom is 0.0661 e. The van der Waals surface area contributed by atoms with Crippen LogP contribution in [0.25, 0.3) is 0 Å². The van der Waals surface area contributed by atoms with Gasteiger partial charge in [-0.25, -0.2) is 0 Å². The van der Waals surface area contributed by atoms with Crippen LogP contribution in [-0.4, -0.2) is 0 Å². The van der Waals surface area contributed by atoms with Gasteiger partial charge in [0.15, 0.2) is 0 Å². The van der Waals surface area contributed by atoms with Crippen molar-refractivity contribution in [1.29, 1.82) is 0 Å². The molecule has 0 saturated carbocycles. The van der Waals surface area contributed by atoms with Gasteiger partial charge >= 0.3 is 0 Å². The van der Waals surface area contributed by atoms with Gasteiger partial charge < -0.3 is 11.1 Å². The minimum absolute atomic E-state index is 0.571. The third kappa shape index (κ3) is 2.84. The molecule has 0 aliphatic rings. The van der Waals surface area contributed by atoms with Gasteiger partial charge in [0.1, 0.15) is 0 Å². The Kier molecular flexibility index (Phi) is 3.46. The van der Waals surface area contributed by atoms with E-state index in [1.54, 1.807) is 12.1 Å². The largest absolute Gasteiger partial charge is 0.399 e. The van der Waals surface area contributed by atoms with Crippen molar-refractivity contribution in [2.24, 2.45) is 0 Å². The van der Waals surface area contributed by atoms with Crippen molar-refractivity contribution in [3.8, 4) is 0 Å². The van der Waals surface area contributed by atoms with Gasteiger partial charge in [0, 0.05) is 5.69 Å². The molecule has 0 unspecified atom stereocenters. The predicted molar refractivity (Wildman–Crippen MR) is 75.3 cm³/mol. The van der Waals surface area contributed by atoms with Crippen molar-refractivity contribution in [2.75, 3.05) is 11.1 Å². The highest BCUT2D eigenvalue weighted by molar-refractivity contribution is 6.35. The number of halogens is 2. The van der Waals surface area contributed by atoms with E-state index in [0.29, 0.717) is 15.7 Å². The molecule has 0 aliphatic heterocycles. The summed E-state index contributed by atoms with van der Waals surface area (Å²) in [5.74, 6) is 0. The Bertz CT molecular complexity index is 504. The van der Waals surface area contributed by atoms with Crippen molar-refractivity contribution in [3.63, 3.8) is 0 Å². The fourth-order valence-electron chi connectivity index (χ4n) is 1.50. The van der Waals surface area contributed by atoms with E-state index in [0.717, 1.165) is 16.9 Å². The Morgan fingerprint density at radius 2 is 1.53 bits per heavy atom. The van der Waals surface area contributed by atoms with E-state index in [-0.39, 0.29) is 0 Å². The summed E-state index contributed by atoms with van der Waals surface area (Å²) in [6.07, 6.45) is 0. The van der Waals surface area contributed by atoms with Gasteiger partial charge in [-0.3, -0.25) is 0 Å². The highest BCUT2D eigenvalue weighted by atomic mass is 35.5. The van der Waals surface area contributed by atoms with Crippen LogP contribution < -0.4 is 11.1 Å². The predicted octanol–water partition coefficient (Wildman–Crippen LogP) is 4.63. The lowest BCUT2D eigenvalue weighted by Crippen LogP contribution is -1.93. The third-order valence-corrected chi connectivity index (χ3v) is 3.01. The first-order valence-electron chi connectivity index (χ1n) is 5.14.